The molecule has 2 aliphatic heterocycles. The zero-order valence-electron chi connectivity index (χ0n) is 12.4. The maximum absolute atomic E-state index is 6.61. The smallest absolute Gasteiger partial charge is 0.380 e. The van der Waals surface area contributed by atoms with E-state index in [4.69, 9.17) is 4.65 Å². The van der Waals surface area contributed by atoms with Crippen LogP contribution in [0.2, 0.25) is 6.82 Å². The molecule has 0 radical (unpaired) electrons. The second-order valence-electron chi connectivity index (χ2n) is 6.08. The number of fused-ring (bicyclic) bond motifs is 1. The van der Waals surface area contributed by atoms with Crippen LogP contribution in [0.4, 0.5) is 0 Å². The predicted octanol–water partition coefficient (Wildman–Crippen LogP) is 2.36. The highest BCUT2D eigenvalue weighted by atomic mass is 16.5. The third-order valence-electron chi connectivity index (χ3n) is 4.99. The van der Waals surface area contributed by atoms with E-state index in [0.717, 1.165) is 6.54 Å². The summed E-state index contributed by atoms with van der Waals surface area (Å²) in [5.41, 5.74) is 2.23. The third kappa shape index (κ3) is 2.13. The highest BCUT2D eigenvalue weighted by molar-refractivity contribution is 6.48. The van der Waals surface area contributed by atoms with Gasteiger partial charge in [0.05, 0.1) is 8.41 Å². The molecule has 0 N–H and O–H groups in total. The molecule has 0 amide bonds. The van der Waals surface area contributed by atoms with Gasteiger partial charge in [0.1, 0.15) is 5.60 Å². The molecule has 2 aromatic carbocycles. The third-order valence-corrected chi connectivity index (χ3v) is 4.99. The molecule has 2 heterocycles. The molecule has 2 fully saturated rings. The van der Waals surface area contributed by atoms with Crippen molar-refractivity contribution in [1.82, 2.24) is 4.81 Å². The maximum Gasteiger partial charge on any atom is 0.380 e. The summed E-state index contributed by atoms with van der Waals surface area (Å²) in [4.78, 5) is 2.53. The van der Waals surface area contributed by atoms with Crippen molar-refractivity contribution in [3.05, 3.63) is 71.8 Å². The lowest BCUT2D eigenvalue weighted by atomic mass is 9.79. The molecule has 0 saturated carbocycles. The maximum atomic E-state index is 6.61. The van der Waals surface area contributed by atoms with Gasteiger partial charge >= 0.3 is 7.05 Å². The van der Waals surface area contributed by atoms with Gasteiger partial charge in [-0.3, -0.25) is 0 Å². The van der Waals surface area contributed by atoms with Crippen molar-refractivity contribution in [2.24, 2.45) is 0 Å². The van der Waals surface area contributed by atoms with Crippen molar-refractivity contribution in [2.75, 3.05) is 6.54 Å². The highest BCUT2D eigenvalue weighted by Crippen LogP contribution is 2.48. The summed E-state index contributed by atoms with van der Waals surface area (Å²) in [7, 11) is 0.179. The van der Waals surface area contributed by atoms with Crippen molar-refractivity contribution in [3.8, 4) is 0 Å². The molecule has 0 bridgehead atoms. The molecule has 2 saturated heterocycles. The van der Waals surface area contributed by atoms with Gasteiger partial charge < -0.3 is 9.47 Å². The molecule has 2 nitrogen and oxygen atoms in total. The molecule has 4 rings (SSSR count). The predicted molar refractivity (Wildman–Crippen MR) is 96.0 cm³/mol. The molecule has 0 unspecified atom stereocenters. The Labute approximate surface area is 135 Å². The number of benzene rings is 2. The van der Waals surface area contributed by atoms with Crippen LogP contribution >= 0.6 is 0 Å². The second kappa shape index (κ2) is 5.94. The lowest BCUT2D eigenvalue weighted by Crippen LogP contribution is -2.41. The van der Waals surface area contributed by atoms with E-state index in [1.165, 1.54) is 24.0 Å². The Morgan fingerprint density at radius 3 is 2.09 bits per heavy atom. The van der Waals surface area contributed by atoms with Gasteiger partial charge in [-0.15, -0.1) is 0 Å². The van der Waals surface area contributed by atoms with Crippen molar-refractivity contribution in [1.29, 1.82) is 0 Å². The minimum Gasteiger partial charge on any atom is -0.406 e. The van der Waals surface area contributed by atoms with Gasteiger partial charge in [0, 0.05) is 6.04 Å². The Hall–Kier alpha value is -1.51. The van der Waals surface area contributed by atoms with Crippen molar-refractivity contribution in [3.63, 3.8) is 0 Å². The summed E-state index contributed by atoms with van der Waals surface area (Å²) in [6, 6.07) is 21.9. The Balaban J connectivity index is 0.00000144. The van der Waals surface area contributed by atoms with Crippen molar-refractivity contribution < 1.29 is 4.65 Å². The van der Waals surface area contributed by atoms with Crippen LogP contribution < -0.4 is 0 Å². The first kappa shape index (κ1) is 15.4. The summed E-state index contributed by atoms with van der Waals surface area (Å²) in [5.74, 6) is 0. The summed E-state index contributed by atoms with van der Waals surface area (Å²) in [6.45, 7) is 3.33. The molecule has 1 atom stereocenters. The molecular weight excluding hydrogens is 268 g/mol. The molecule has 0 aliphatic carbocycles. The first-order valence-electron chi connectivity index (χ1n) is 7.87. The fraction of sp³-hybridized carbons (Fsp3) is 0.333. The summed E-state index contributed by atoms with van der Waals surface area (Å²) >= 11 is 0. The van der Waals surface area contributed by atoms with Gasteiger partial charge in [-0.2, -0.15) is 0 Å². The van der Waals surface area contributed by atoms with Crippen molar-refractivity contribution >= 4 is 15.5 Å². The largest absolute Gasteiger partial charge is 0.406 e. The molecular formula is C18H23B2NO. The number of hydrogen-bond donors (Lipinski definition) is 0. The van der Waals surface area contributed by atoms with Gasteiger partial charge in [0.2, 0.25) is 0 Å². The van der Waals surface area contributed by atoms with Gasteiger partial charge in [-0.05, 0) is 37.3 Å². The topological polar surface area (TPSA) is 12.5 Å². The van der Waals surface area contributed by atoms with Crippen LogP contribution in [-0.2, 0) is 10.3 Å². The molecule has 0 spiro atoms. The highest BCUT2D eigenvalue weighted by Gasteiger charge is 2.56. The molecule has 0 aromatic heterocycles. The minimum atomic E-state index is -0.321. The van der Waals surface area contributed by atoms with E-state index in [2.05, 4.69) is 72.3 Å². The van der Waals surface area contributed by atoms with Crippen LogP contribution in [0.1, 0.15) is 24.0 Å². The SMILES string of the molecule is B.CB1OC(c2ccccc2)(c2ccccc2)[C@@H]2CCCN12. The monoisotopic (exact) mass is 291 g/mol. The second-order valence-corrected chi connectivity index (χ2v) is 6.08. The van der Waals surface area contributed by atoms with E-state index in [9.17, 15) is 0 Å². The van der Waals surface area contributed by atoms with E-state index in [-0.39, 0.29) is 21.1 Å². The molecule has 4 heteroatoms. The number of nitrogens with zero attached hydrogens (tertiary/aromatic N) is 1. The van der Waals surface area contributed by atoms with Gasteiger partial charge in [-0.1, -0.05) is 60.7 Å². The van der Waals surface area contributed by atoms with E-state index in [0.29, 0.717) is 6.04 Å². The first-order chi connectivity index (χ1) is 10.3. The fourth-order valence-electron chi connectivity index (χ4n) is 4.14. The van der Waals surface area contributed by atoms with Crippen molar-refractivity contribution in [2.45, 2.75) is 31.3 Å². The van der Waals surface area contributed by atoms with Crippen LogP contribution in [-0.4, -0.2) is 32.9 Å². The van der Waals surface area contributed by atoms with Gasteiger partial charge in [0.15, 0.2) is 0 Å². The average Bonchev–Trinajstić information content (AvgIpc) is 3.13. The van der Waals surface area contributed by atoms with Crippen LogP contribution in [0.3, 0.4) is 0 Å². The van der Waals surface area contributed by atoms with Crippen LogP contribution in [0, 0.1) is 0 Å². The van der Waals surface area contributed by atoms with E-state index >= 15 is 0 Å². The average molecular weight is 291 g/mol. The normalized spacial score (nSPS) is 23.1. The zero-order valence-corrected chi connectivity index (χ0v) is 12.4. The Kier molecular flexibility index (Phi) is 4.16. The summed E-state index contributed by atoms with van der Waals surface area (Å²) in [5, 5.41) is 0. The Morgan fingerprint density at radius 2 is 1.55 bits per heavy atom. The summed E-state index contributed by atoms with van der Waals surface area (Å²) in [6.07, 6.45) is 2.47. The van der Waals surface area contributed by atoms with E-state index in [1.54, 1.807) is 0 Å². The molecule has 112 valence electrons. The molecule has 2 aromatic rings. The van der Waals surface area contributed by atoms with Crippen LogP contribution in [0.25, 0.3) is 0 Å². The van der Waals surface area contributed by atoms with Crippen LogP contribution in [0.15, 0.2) is 60.7 Å². The van der Waals surface area contributed by atoms with Crippen LogP contribution in [0.5, 0.6) is 0 Å². The molecule has 2 aliphatic rings. The minimum absolute atomic E-state index is 0. The zero-order chi connectivity index (χ0) is 14.3. The number of rotatable bonds is 2. The molecule has 22 heavy (non-hydrogen) atoms. The Bertz CT molecular complexity index is 580. The van der Waals surface area contributed by atoms with E-state index < -0.39 is 0 Å². The van der Waals surface area contributed by atoms with E-state index in [1.807, 2.05) is 0 Å². The Morgan fingerprint density at radius 1 is 1.00 bits per heavy atom. The van der Waals surface area contributed by atoms with Gasteiger partial charge in [0.25, 0.3) is 0 Å². The summed E-state index contributed by atoms with van der Waals surface area (Å²) < 4.78 is 6.61. The fourth-order valence-corrected chi connectivity index (χ4v) is 4.14. The quantitative estimate of drug-likeness (QED) is 0.788. The lowest BCUT2D eigenvalue weighted by Gasteiger charge is -2.36. The van der Waals surface area contributed by atoms with Gasteiger partial charge in [-0.25, -0.2) is 0 Å². The standard InChI is InChI=1S/C18H20BNO.BH3/c1-19-20-14-8-13-17(20)18(21-19,15-9-4-2-5-10-15)16-11-6-3-7-12-16;/h2-7,9-12,17H,8,13-14H2,1H3;1H3/t17-;/m0./s1. The lowest BCUT2D eigenvalue weighted by molar-refractivity contribution is 0.106. The number of hydrogen-bond acceptors (Lipinski definition) is 2. The first-order valence-corrected chi connectivity index (χ1v) is 7.87.